The van der Waals surface area contributed by atoms with Crippen molar-refractivity contribution in [3.8, 4) is 5.75 Å². The number of anilines is 2. The van der Waals surface area contributed by atoms with Gasteiger partial charge in [-0.3, -0.25) is 5.32 Å². The van der Waals surface area contributed by atoms with Gasteiger partial charge in [0, 0.05) is 37.6 Å². The molecule has 2 amide bonds. The third-order valence-corrected chi connectivity index (χ3v) is 5.15. The number of methoxy groups -OCH3 is 1. The van der Waals surface area contributed by atoms with E-state index in [0.717, 1.165) is 30.1 Å². The largest absolute Gasteiger partial charge is 0.497 e. The van der Waals surface area contributed by atoms with Crippen LogP contribution in [0.4, 0.5) is 16.2 Å². The van der Waals surface area contributed by atoms with Gasteiger partial charge in [-0.15, -0.1) is 0 Å². The molecule has 2 N–H and O–H groups in total. The molecule has 0 atom stereocenters. The summed E-state index contributed by atoms with van der Waals surface area (Å²) in [4.78, 5) is 28.9. The van der Waals surface area contributed by atoms with Gasteiger partial charge in [0.25, 0.3) is 0 Å². The fourth-order valence-electron chi connectivity index (χ4n) is 3.42. The molecule has 8 heteroatoms. The molecule has 8 nitrogen and oxygen atoms in total. The summed E-state index contributed by atoms with van der Waals surface area (Å²) in [6.45, 7) is 6.77. The van der Waals surface area contributed by atoms with Crippen LogP contribution in [0.3, 0.4) is 0 Å². The van der Waals surface area contributed by atoms with E-state index in [-0.39, 0.29) is 6.61 Å². The molecule has 1 heterocycles. The third-order valence-electron chi connectivity index (χ3n) is 5.15. The van der Waals surface area contributed by atoms with Crippen LogP contribution < -0.4 is 20.3 Å². The topological polar surface area (TPSA) is 83.1 Å². The fourth-order valence-corrected chi connectivity index (χ4v) is 3.42. The molecule has 32 heavy (non-hydrogen) atoms. The van der Waals surface area contributed by atoms with E-state index in [1.54, 1.807) is 14.0 Å². The van der Waals surface area contributed by atoms with Crippen molar-refractivity contribution in [1.29, 1.82) is 0 Å². The molecule has 1 saturated heterocycles. The van der Waals surface area contributed by atoms with Crippen molar-refractivity contribution in [3.63, 3.8) is 0 Å². The lowest BCUT2D eigenvalue weighted by molar-refractivity contribution is -0.137. The van der Waals surface area contributed by atoms with E-state index >= 15 is 0 Å². The van der Waals surface area contributed by atoms with Crippen LogP contribution in [0.25, 0.3) is 0 Å². The molecule has 0 aliphatic carbocycles. The third kappa shape index (κ3) is 6.41. The van der Waals surface area contributed by atoms with Crippen LogP contribution >= 0.6 is 0 Å². The van der Waals surface area contributed by atoms with Gasteiger partial charge in [-0.25, -0.2) is 9.59 Å². The van der Waals surface area contributed by atoms with Gasteiger partial charge in [-0.05, 0) is 50.2 Å². The number of hydrogen-bond acceptors (Lipinski definition) is 6. The first-order chi connectivity index (χ1) is 15.5. The van der Waals surface area contributed by atoms with E-state index < -0.39 is 12.0 Å². The van der Waals surface area contributed by atoms with Crippen LogP contribution in [0, 0.1) is 6.92 Å². The minimum Gasteiger partial charge on any atom is -0.497 e. The smallest absolute Gasteiger partial charge is 0.334 e. The Morgan fingerprint density at radius 2 is 1.66 bits per heavy atom. The summed E-state index contributed by atoms with van der Waals surface area (Å²) in [5.41, 5.74) is 2.88. The summed E-state index contributed by atoms with van der Waals surface area (Å²) in [5, 5.41) is 5.61. The Bertz CT molecular complexity index is 933. The number of hydrogen-bond donors (Lipinski definition) is 2. The highest BCUT2D eigenvalue weighted by molar-refractivity contribution is 5.91. The van der Waals surface area contributed by atoms with Crippen molar-refractivity contribution in [2.45, 2.75) is 13.8 Å². The second-order valence-corrected chi connectivity index (χ2v) is 7.40. The molecule has 3 rings (SSSR count). The number of benzene rings is 2. The highest BCUT2D eigenvalue weighted by Gasteiger charge is 2.21. The number of piperazine rings is 1. The summed E-state index contributed by atoms with van der Waals surface area (Å²) < 4.78 is 10.3. The standard InChI is InChI=1S/C24H30N4O4/c1-4-32-23(29)17-22(26-24(30)25-19-7-5-18(2)6-8-19)28-15-13-27(14-16-28)20-9-11-21(31-3)12-10-20/h5-12,17H,4,13-16H2,1-3H3,(H2,25,26,30). The Morgan fingerprint density at radius 3 is 2.25 bits per heavy atom. The lowest BCUT2D eigenvalue weighted by atomic mass is 10.2. The monoisotopic (exact) mass is 438 g/mol. The number of rotatable bonds is 7. The van der Waals surface area contributed by atoms with Gasteiger partial charge in [-0.2, -0.15) is 0 Å². The number of carbonyl (C=O) groups is 2. The van der Waals surface area contributed by atoms with E-state index in [0.29, 0.717) is 24.6 Å². The van der Waals surface area contributed by atoms with E-state index in [4.69, 9.17) is 9.47 Å². The zero-order chi connectivity index (χ0) is 22.9. The molecule has 0 bridgehead atoms. The van der Waals surface area contributed by atoms with Crippen molar-refractivity contribution < 1.29 is 19.1 Å². The minimum atomic E-state index is -0.490. The molecule has 1 aliphatic rings. The molecular formula is C24H30N4O4. The molecule has 0 saturated carbocycles. The molecule has 1 fully saturated rings. The lowest BCUT2D eigenvalue weighted by Gasteiger charge is -2.38. The van der Waals surface area contributed by atoms with Gasteiger partial charge in [-0.1, -0.05) is 17.7 Å². The zero-order valence-electron chi connectivity index (χ0n) is 18.8. The number of amides is 2. The Labute approximate surface area is 188 Å². The molecule has 1 aliphatic heterocycles. The summed E-state index contributed by atoms with van der Waals surface area (Å²) in [6, 6.07) is 15.0. The molecule has 2 aromatic carbocycles. The molecule has 2 aromatic rings. The highest BCUT2D eigenvalue weighted by atomic mass is 16.5. The van der Waals surface area contributed by atoms with Crippen LogP contribution in [0.2, 0.25) is 0 Å². The normalized spacial score (nSPS) is 14.0. The summed E-state index contributed by atoms with van der Waals surface area (Å²) in [5.74, 6) is 0.744. The van der Waals surface area contributed by atoms with Gasteiger partial charge < -0.3 is 24.6 Å². The average molecular weight is 439 g/mol. The molecule has 170 valence electrons. The first-order valence-electron chi connectivity index (χ1n) is 10.7. The maximum absolute atomic E-state index is 12.6. The van der Waals surface area contributed by atoms with Crippen LogP contribution in [-0.4, -0.2) is 56.8 Å². The number of nitrogens with one attached hydrogen (secondary N) is 2. The molecule has 0 aromatic heterocycles. The quantitative estimate of drug-likeness (QED) is 0.510. The second-order valence-electron chi connectivity index (χ2n) is 7.40. The predicted octanol–water partition coefficient (Wildman–Crippen LogP) is 3.35. The minimum absolute atomic E-state index is 0.267. The van der Waals surface area contributed by atoms with Crippen molar-refractivity contribution in [2.75, 3.05) is 50.1 Å². The lowest BCUT2D eigenvalue weighted by Crippen LogP contribution is -2.49. The van der Waals surface area contributed by atoms with Crippen LogP contribution in [0.1, 0.15) is 12.5 Å². The SMILES string of the molecule is CCOC(=O)C=C(NC(=O)Nc1ccc(C)cc1)N1CCN(c2ccc(OC)cc2)CC1. The van der Waals surface area contributed by atoms with Gasteiger partial charge in [0.05, 0.1) is 19.8 Å². The van der Waals surface area contributed by atoms with Crippen molar-refractivity contribution in [1.82, 2.24) is 10.2 Å². The van der Waals surface area contributed by atoms with E-state index in [1.807, 2.05) is 60.4 Å². The number of esters is 1. The maximum atomic E-state index is 12.6. The number of nitrogens with zero attached hydrogens (tertiary/aromatic N) is 2. The first-order valence-corrected chi connectivity index (χ1v) is 10.7. The first kappa shape index (κ1) is 23.0. The average Bonchev–Trinajstić information content (AvgIpc) is 2.80. The van der Waals surface area contributed by atoms with Crippen LogP contribution in [0.5, 0.6) is 5.75 Å². The highest BCUT2D eigenvalue weighted by Crippen LogP contribution is 2.21. The van der Waals surface area contributed by atoms with Gasteiger partial charge >= 0.3 is 12.0 Å². The van der Waals surface area contributed by atoms with Gasteiger partial charge in [0.15, 0.2) is 0 Å². The van der Waals surface area contributed by atoms with Crippen molar-refractivity contribution in [3.05, 3.63) is 66.0 Å². The van der Waals surface area contributed by atoms with E-state index in [9.17, 15) is 9.59 Å². The molecule has 0 unspecified atom stereocenters. The molecule has 0 spiro atoms. The Balaban J connectivity index is 1.65. The van der Waals surface area contributed by atoms with Gasteiger partial charge in [0.2, 0.25) is 0 Å². The molecule has 0 radical (unpaired) electrons. The Kier molecular flexibility index (Phi) is 7.96. The Hall–Kier alpha value is -3.68. The number of ether oxygens (including phenoxy) is 2. The summed E-state index contributed by atoms with van der Waals surface area (Å²) >= 11 is 0. The summed E-state index contributed by atoms with van der Waals surface area (Å²) in [7, 11) is 1.65. The number of urea groups is 1. The Morgan fingerprint density at radius 1 is 1.00 bits per heavy atom. The zero-order valence-corrected chi connectivity index (χ0v) is 18.8. The molecular weight excluding hydrogens is 408 g/mol. The maximum Gasteiger partial charge on any atom is 0.334 e. The fraction of sp³-hybridized carbons (Fsp3) is 0.333. The van der Waals surface area contributed by atoms with E-state index in [1.165, 1.54) is 6.08 Å². The number of carbonyl (C=O) groups excluding carboxylic acids is 2. The van der Waals surface area contributed by atoms with Gasteiger partial charge in [0.1, 0.15) is 11.6 Å². The second kappa shape index (κ2) is 11.1. The van der Waals surface area contributed by atoms with E-state index in [2.05, 4.69) is 15.5 Å². The van der Waals surface area contributed by atoms with Crippen LogP contribution in [0.15, 0.2) is 60.4 Å². The number of aryl methyl sites for hydroxylation is 1. The predicted molar refractivity (Wildman–Crippen MR) is 125 cm³/mol. The van der Waals surface area contributed by atoms with Crippen molar-refractivity contribution >= 4 is 23.4 Å². The van der Waals surface area contributed by atoms with Crippen molar-refractivity contribution in [2.24, 2.45) is 0 Å². The van der Waals surface area contributed by atoms with Crippen LogP contribution in [-0.2, 0) is 9.53 Å². The summed E-state index contributed by atoms with van der Waals surface area (Å²) in [6.07, 6.45) is 1.33.